The molecule has 10 heteroatoms. The fourth-order valence-electron chi connectivity index (χ4n) is 2.39. The van der Waals surface area contributed by atoms with Crippen LogP contribution in [0.5, 0.6) is 0 Å². The highest BCUT2D eigenvalue weighted by molar-refractivity contribution is 7.99. The molecule has 2 amide bonds. The van der Waals surface area contributed by atoms with Crippen molar-refractivity contribution in [3.8, 4) is 0 Å². The van der Waals surface area contributed by atoms with Gasteiger partial charge in [-0.3, -0.25) is 9.59 Å². The van der Waals surface area contributed by atoms with E-state index in [1.54, 1.807) is 60.1 Å². The van der Waals surface area contributed by atoms with E-state index >= 15 is 0 Å². The van der Waals surface area contributed by atoms with Gasteiger partial charge < -0.3 is 15.2 Å². The van der Waals surface area contributed by atoms with Crippen molar-refractivity contribution in [3.05, 3.63) is 64.4 Å². The highest BCUT2D eigenvalue weighted by Gasteiger charge is 2.15. The number of rotatable bonds is 7. The van der Waals surface area contributed by atoms with Gasteiger partial charge in [0.25, 0.3) is 0 Å². The Morgan fingerprint density at radius 2 is 1.72 bits per heavy atom. The zero-order chi connectivity index (χ0) is 20.8. The van der Waals surface area contributed by atoms with Crippen LogP contribution in [0.3, 0.4) is 0 Å². The van der Waals surface area contributed by atoms with Crippen molar-refractivity contribution < 1.29 is 9.59 Å². The topological polar surface area (TPSA) is 88.9 Å². The van der Waals surface area contributed by atoms with Crippen LogP contribution in [0, 0.1) is 0 Å². The fourth-order valence-corrected chi connectivity index (χ4v) is 3.42. The summed E-state index contributed by atoms with van der Waals surface area (Å²) in [5, 5.41) is 15.2. The van der Waals surface area contributed by atoms with E-state index in [0.29, 0.717) is 32.4 Å². The molecule has 0 bridgehead atoms. The van der Waals surface area contributed by atoms with Gasteiger partial charge in [-0.25, -0.2) is 0 Å². The smallest absolute Gasteiger partial charge is 0.234 e. The summed E-state index contributed by atoms with van der Waals surface area (Å²) in [7, 11) is 1.75. The predicted molar refractivity (Wildman–Crippen MR) is 116 cm³/mol. The molecule has 0 saturated heterocycles. The van der Waals surface area contributed by atoms with Crippen LogP contribution in [-0.4, -0.2) is 32.3 Å². The zero-order valence-corrected chi connectivity index (χ0v) is 17.7. The third-order valence-electron chi connectivity index (χ3n) is 3.85. The van der Waals surface area contributed by atoms with Gasteiger partial charge in [0.2, 0.25) is 11.8 Å². The van der Waals surface area contributed by atoms with E-state index in [1.165, 1.54) is 11.8 Å². The number of aromatic nitrogens is 3. The van der Waals surface area contributed by atoms with Crippen LogP contribution < -0.4 is 10.6 Å². The second kappa shape index (κ2) is 9.78. The molecule has 3 rings (SSSR count). The van der Waals surface area contributed by atoms with Gasteiger partial charge >= 0.3 is 0 Å². The van der Waals surface area contributed by atoms with Gasteiger partial charge in [0.15, 0.2) is 5.16 Å². The molecule has 2 N–H and O–H groups in total. The molecule has 0 atom stereocenters. The number of carbonyl (C=O) groups excluding carboxylic acids is 2. The molecule has 29 heavy (non-hydrogen) atoms. The van der Waals surface area contributed by atoms with Crippen LogP contribution >= 0.6 is 35.0 Å². The van der Waals surface area contributed by atoms with Gasteiger partial charge in [-0.15, -0.1) is 10.2 Å². The molecule has 0 fully saturated rings. The minimum atomic E-state index is -0.259. The van der Waals surface area contributed by atoms with E-state index in [1.807, 2.05) is 0 Å². The van der Waals surface area contributed by atoms with Gasteiger partial charge in [0.05, 0.1) is 22.9 Å². The van der Waals surface area contributed by atoms with Crippen molar-refractivity contribution in [2.45, 2.75) is 11.6 Å². The summed E-state index contributed by atoms with van der Waals surface area (Å²) in [6.45, 7) is 0. The molecule has 1 aromatic heterocycles. The quantitative estimate of drug-likeness (QED) is 0.531. The van der Waals surface area contributed by atoms with Crippen molar-refractivity contribution in [1.29, 1.82) is 0 Å². The number of halogens is 2. The number of thioether (sulfide) groups is 1. The van der Waals surface area contributed by atoms with E-state index in [2.05, 4.69) is 20.8 Å². The monoisotopic (exact) mass is 449 g/mol. The maximum absolute atomic E-state index is 12.3. The Bertz CT molecular complexity index is 1020. The van der Waals surface area contributed by atoms with Crippen molar-refractivity contribution >= 4 is 58.2 Å². The Balaban J connectivity index is 1.53. The second-order valence-corrected chi connectivity index (χ2v) is 7.79. The Labute approximate surface area is 181 Å². The fraction of sp³-hybridized carbons (Fsp3) is 0.158. The van der Waals surface area contributed by atoms with Crippen LogP contribution in [0.2, 0.25) is 10.0 Å². The summed E-state index contributed by atoms with van der Waals surface area (Å²) in [5.74, 6) is 0.194. The highest BCUT2D eigenvalue weighted by atomic mass is 35.5. The lowest BCUT2D eigenvalue weighted by Gasteiger charge is -2.07. The molecule has 0 saturated carbocycles. The highest BCUT2D eigenvalue weighted by Crippen LogP contribution is 2.21. The van der Waals surface area contributed by atoms with Crippen molar-refractivity contribution in [2.24, 2.45) is 7.05 Å². The largest absolute Gasteiger partial charge is 0.325 e. The first-order valence-electron chi connectivity index (χ1n) is 8.53. The van der Waals surface area contributed by atoms with Crippen LogP contribution in [0.4, 0.5) is 11.4 Å². The van der Waals surface area contributed by atoms with Crippen LogP contribution in [0.25, 0.3) is 0 Å². The lowest BCUT2D eigenvalue weighted by atomic mass is 10.3. The van der Waals surface area contributed by atoms with Gasteiger partial charge in [0, 0.05) is 17.8 Å². The SMILES string of the molecule is Cn1c(CC(=O)Nc2ccccc2Cl)nnc1SCC(=O)Nc1ccc(Cl)cc1. The molecule has 7 nitrogen and oxygen atoms in total. The number of anilines is 2. The van der Waals surface area contributed by atoms with Gasteiger partial charge in [0.1, 0.15) is 5.82 Å². The van der Waals surface area contributed by atoms with E-state index in [0.717, 1.165) is 0 Å². The number of hydrogen-bond donors (Lipinski definition) is 2. The Kier molecular flexibility index (Phi) is 7.13. The van der Waals surface area contributed by atoms with E-state index < -0.39 is 0 Å². The first-order chi connectivity index (χ1) is 13.9. The van der Waals surface area contributed by atoms with Gasteiger partial charge in [-0.05, 0) is 36.4 Å². The second-order valence-electron chi connectivity index (χ2n) is 6.01. The summed E-state index contributed by atoms with van der Waals surface area (Å²) in [6.07, 6.45) is 0.0340. The van der Waals surface area contributed by atoms with Crippen LogP contribution in [0.15, 0.2) is 53.7 Å². The summed E-state index contributed by atoms with van der Waals surface area (Å²) in [4.78, 5) is 24.4. The van der Waals surface area contributed by atoms with Crippen molar-refractivity contribution in [1.82, 2.24) is 14.8 Å². The maximum Gasteiger partial charge on any atom is 0.234 e. The van der Waals surface area contributed by atoms with Gasteiger partial charge in [-0.2, -0.15) is 0 Å². The maximum atomic E-state index is 12.3. The standard InChI is InChI=1S/C19H17Cl2N5O2S/c1-26-16(10-17(27)23-15-5-3-2-4-14(15)21)24-25-19(26)29-11-18(28)22-13-8-6-12(20)7-9-13/h2-9H,10-11H2,1H3,(H,22,28)(H,23,27). The molecule has 1 heterocycles. The molecular weight excluding hydrogens is 433 g/mol. The molecule has 150 valence electrons. The summed E-state index contributed by atoms with van der Waals surface area (Å²) in [5.41, 5.74) is 1.20. The van der Waals surface area contributed by atoms with Crippen LogP contribution in [-0.2, 0) is 23.1 Å². The Morgan fingerprint density at radius 1 is 1.00 bits per heavy atom. The predicted octanol–water partition coefficient (Wildman–Crippen LogP) is 4.03. The van der Waals surface area contributed by atoms with E-state index in [-0.39, 0.29) is 24.0 Å². The number of para-hydroxylation sites is 1. The number of hydrogen-bond acceptors (Lipinski definition) is 5. The van der Waals surface area contributed by atoms with E-state index in [9.17, 15) is 9.59 Å². The van der Waals surface area contributed by atoms with E-state index in [4.69, 9.17) is 23.2 Å². The molecule has 2 aromatic carbocycles. The van der Waals surface area contributed by atoms with Crippen LogP contribution in [0.1, 0.15) is 5.82 Å². The molecule has 0 aliphatic carbocycles. The minimum absolute atomic E-state index is 0.0340. The average molecular weight is 450 g/mol. The lowest BCUT2D eigenvalue weighted by Crippen LogP contribution is -2.17. The minimum Gasteiger partial charge on any atom is -0.325 e. The lowest BCUT2D eigenvalue weighted by molar-refractivity contribution is -0.116. The molecule has 0 aliphatic heterocycles. The number of nitrogens with one attached hydrogen (secondary N) is 2. The molecule has 0 spiro atoms. The molecule has 3 aromatic rings. The summed E-state index contributed by atoms with van der Waals surface area (Å²) < 4.78 is 1.69. The number of benzene rings is 2. The molecular formula is C19H17Cl2N5O2S. The number of carbonyl (C=O) groups is 2. The third kappa shape index (κ3) is 5.96. The molecule has 0 unspecified atom stereocenters. The van der Waals surface area contributed by atoms with Gasteiger partial charge in [-0.1, -0.05) is 47.1 Å². The Morgan fingerprint density at radius 3 is 2.45 bits per heavy atom. The number of amides is 2. The Hall–Kier alpha value is -2.55. The normalized spacial score (nSPS) is 10.6. The molecule has 0 aliphatic rings. The number of nitrogens with zero attached hydrogens (tertiary/aromatic N) is 3. The first kappa shape index (κ1) is 21.2. The first-order valence-corrected chi connectivity index (χ1v) is 10.3. The molecule has 0 radical (unpaired) electrons. The zero-order valence-electron chi connectivity index (χ0n) is 15.4. The summed E-state index contributed by atoms with van der Waals surface area (Å²) >= 11 is 13.1. The third-order valence-corrected chi connectivity index (χ3v) is 5.45. The average Bonchev–Trinajstić information content (AvgIpc) is 3.03. The van der Waals surface area contributed by atoms with Crippen molar-refractivity contribution in [2.75, 3.05) is 16.4 Å². The summed E-state index contributed by atoms with van der Waals surface area (Å²) in [6, 6.07) is 13.8. The van der Waals surface area contributed by atoms with Crippen molar-refractivity contribution in [3.63, 3.8) is 0 Å².